The molecule has 115 heavy (non-hydrogen) atoms. The molecule has 0 amide bonds. The Morgan fingerprint density at radius 2 is 0.870 bits per heavy atom. The van der Waals surface area contributed by atoms with Gasteiger partial charge in [0.25, 0.3) is 0 Å². The van der Waals surface area contributed by atoms with Crippen LogP contribution in [0.1, 0.15) is 109 Å². The number of Topliss-reactive ketones (excluding diaryl/α,β-unsaturated/α-hetero) is 1. The number of hydrogen-bond donors (Lipinski definition) is 1. The van der Waals surface area contributed by atoms with Crippen molar-refractivity contribution >= 4 is 14.1 Å². The maximum atomic E-state index is 16.9. The maximum Gasteiger partial charge on any atom is 0.193 e. The fourth-order valence-electron chi connectivity index (χ4n) is 15.7. The zero-order chi connectivity index (χ0) is 80.8. The van der Waals surface area contributed by atoms with Crippen LogP contribution in [-0.4, -0.2) is 129 Å². The Labute approximate surface area is 680 Å². The average Bonchev–Trinajstić information content (AvgIpc) is 0.729. The first-order valence-electron chi connectivity index (χ1n) is 39.8. The second-order valence-electron chi connectivity index (χ2n) is 31.2. The lowest BCUT2D eigenvalue weighted by Gasteiger charge is -2.57. The molecule has 0 bridgehead atoms. The minimum atomic E-state index is -3.19. The molecule has 0 aliphatic carbocycles. The molecule has 0 spiro atoms. The largest absolute Gasteiger partial charge is 0.497 e. The highest BCUT2D eigenvalue weighted by Gasteiger charge is 2.63. The van der Waals surface area contributed by atoms with Gasteiger partial charge in [-0.2, -0.15) is 0 Å². The van der Waals surface area contributed by atoms with Gasteiger partial charge >= 0.3 is 0 Å². The monoisotopic (exact) mass is 1570 g/mol. The van der Waals surface area contributed by atoms with Crippen LogP contribution < -0.4 is 18.9 Å². The normalized spacial score (nSPS) is 19.1. The number of hydrogen-bond acceptors (Lipinski definition) is 16. The number of ketones is 1. The molecular weight excluding hydrogens is 1460 g/mol. The van der Waals surface area contributed by atoms with Gasteiger partial charge in [0.05, 0.1) is 80.3 Å². The Morgan fingerprint density at radius 3 is 1.23 bits per heavy atom. The molecule has 2 aliphatic heterocycles. The van der Waals surface area contributed by atoms with Gasteiger partial charge in [-0.25, -0.2) is 0 Å². The maximum absolute atomic E-state index is 16.9. The number of ether oxygens (including phenoxy) is 13. The van der Waals surface area contributed by atoms with E-state index in [1.54, 1.807) is 35.5 Å². The first kappa shape index (κ1) is 85.0. The van der Waals surface area contributed by atoms with Crippen LogP contribution in [-0.2, 0) is 89.5 Å². The molecule has 0 saturated carbocycles. The summed E-state index contributed by atoms with van der Waals surface area (Å²) in [5.41, 5.74) is 4.92. The van der Waals surface area contributed by atoms with Crippen molar-refractivity contribution < 1.29 is 75.9 Å². The minimum Gasteiger partial charge on any atom is -0.497 e. The number of rotatable bonds is 40. The Bertz CT molecular complexity index is 4380. The van der Waals surface area contributed by atoms with Crippen molar-refractivity contribution in [1.29, 1.82) is 0 Å². The Hall–Kier alpha value is -9.41. The van der Waals surface area contributed by atoms with E-state index in [1.807, 2.05) is 206 Å². The lowest BCUT2D eigenvalue weighted by molar-refractivity contribution is -0.344. The van der Waals surface area contributed by atoms with Gasteiger partial charge in [0.15, 0.2) is 20.4 Å². The van der Waals surface area contributed by atoms with Crippen molar-refractivity contribution in [2.75, 3.05) is 55.4 Å². The van der Waals surface area contributed by atoms with Gasteiger partial charge in [-0.1, -0.05) is 258 Å². The SMILES string of the molecule is C=C(COC(c1ccccc1)(c1ccccc1)c1ccccc1)C(C1CCCCO1)C(OCc1ccc(OC)cc1)C(OCc1ccc(OC)cc1)C(O)C(=O)CC[C@@]1(O[Si](C)(C)C(C)(C)C)[C@H](OCc2ccc(OC)cc2)[C@@H](OCc2ccc(OC)cc2)[C@@H](OC)O[C@@H]1COC(c1ccccc1)(c1ccccc1)c1ccccc1. The van der Waals surface area contributed by atoms with Crippen molar-refractivity contribution in [2.24, 2.45) is 5.92 Å². The Balaban J connectivity index is 1.03. The molecule has 2 aliphatic rings. The third-order valence-corrected chi connectivity index (χ3v) is 27.4. The van der Waals surface area contributed by atoms with E-state index in [4.69, 9.17) is 72.6 Å². The number of aliphatic hydroxyl groups excluding tert-OH is 1. The third-order valence-electron chi connectivity index (χ3n) is 22.9. The summed E-state index contributed by atoms with van der Waals surface area (Å²) in [6, 6.07) is 91.7. The molecule has 1 N–H and O–H groups in total. The van der Waals surface area contributed by atoms with Crippen molar-refractivity contribution in [3.05, 3.63) is 347 Å². The molecule has 17 heteroatoms. The van der Waals surface area contributed by atoms with E-state index in [2.05, 4.69) is 107 Å². The summed E-state index contributed by atoms with van der Waals surface area (Å²) in [6.07, 6.45) is -7.68. The number of carbonyl (C=O) groups is 1. The summed E-state index contributed by atoms with van der Waals surface area (Å²) in [5.74, 6) is 1.30. The van der Waals surface area contributed by atoms with E-state index in [9.17, 15) is 5.11 Å². The Kier molecular flexibility index (Phi) is 29.5. The second-order valence-corrected chi connectivity index (χ2v) is 35.9. The van der Waals surface area contributed by atoms with Gasteiger partial charge in [0.1, 0.15) is 70.3 Å². The van der Waals surface area contributed by atoms with E-state index in [-0.39, 0.29) is 52.5 Å². The lowest BCUT2D eigenvalue weighted by Crippen LogP contribution is -2.72. The molecule has 10 aromatic rings. The van der Waals surface area contributed by atoms with Gasteiger partial charge in [-0.05, 0) is 154 Å². The van der Waals surface area contributed by atoms with Crippen LogP contribution in [0.25, 0.3) is 0 Å². The summed E-state index contributed by atoms with van der Waals surface area (Å²) in [7, 11) is 4.92. The standard InChI is InChI=1S/C98H112O16Si/c1-70(64-111-97(75-32-18-12-19-33-75,76-34-20-13-21-35-76)77-36-22-14-23-37-77)88(86-44-30-31-63-106-86)90(107-65-71-45-53-81(101-5)54-46-71)91(108-66-72-47-55-82(102-6)56-48-72)89(100)85(99)61-62-96(114-115(10,11)95(2,3)4)87(69-112-98(78-38-24-15-25-39-78,79-40-26-16-27-41-79)80-42-28-17-29-43-80)113-94(105-9)92(109-67-73-49-57-83(103-7)58-50-73)93(96)110-68-74-51-59-84(104-8)60-52-74/h12-29,32-43,45-60,86-94,100H,1,30-31,44,61-69H2,2-11H3/t86?,87-,88?,89?,90?,91?,92-,93-,94+,96+/m1/s1. The number of aliphatic hydroxyl groups is 1. The van der Waals surface area contributed by atoms with Crippen LogP contribution in [0.5, 0.6) is 23.0 Å². The Morgan fingerprint density at radius 1 is 0.496 bits per heavy atom. The summed E-state index contributed by atoms with van der Waals surface area (Å²) in [6.45, 7) is 16.2. The fourth-order valence-corrected chi connectivity index (χ4v) is 17.3. The summed E-state index contributed by atoms with van der Waals surface area (Å²) in [4.78, 5) is 16.9. The van der Waals surface area contributed by atoms with Gasteiger partial charge in [0, 0.05) is 26.1 Å². The molecule has 16 nitrogen and oxygen atoms in total. The first-order chi connectivity index (χ1) is 55.9. The molecule has 12 rings (SSSR count). The zero-order valence-corrected chi connectivity index (χ0v) is 69.0. The van der Waals surface area contributed by atoms with Crippen LogP contribution >= 0.6 is 0 Å². The van der Waals surface area contributed by atoms with Crippen molar-refractivity contribution in [1.82, 2.24) is 0 Å². The van der Waals surface area contributed by atoms with E-state index in [1.165, 1.54) is 0 Å². The third kappa shape index (κ3) is 20.2. The number of benzene rings is 10. The number of methoxy groups -OCH3 is 5. The molecule has 2 saturated heterocycles. The lowest BCUT2D eigenvalue weighted by atomic mass is 9.77. The fraction of sp³-hybridized carbons (Fsp3) is 0.357. The van der Waals surface area contributed by atoms with Crippen LogP contribution in [0.3, 0.4) is 0 Å². The van der Waals surface area contributed by atoms with E-state index in [0.29, 0.717) is 41.6 Å². The van der Waals surface area contributed by atoms with Crippen molar-refractivity contribution in [2.45, 2.75) is 163 Å². The molecule has 5 unspecified atom stereocenters. The molecule has 10 atom stereocenters. The molecular formula is C98H112O16Si. The van der Waals surface area contributed by atoms with Gasteiger partial charge in [-0.3, -0.25) is 4.79 Å². The minimum absolute atomic E-state index is 0.0159. The summed E-state index contributed by atoms with van der Waals surface area (Å²) in [5, 5.41) is 13.6. The first-order valence-corrected chi connectivity index (χ1v) is 42.8. The predicted octanol–water partition coefficient (Wildman–Crippen LogP) is 19.0. The summed E-state index contributed by atoms with van der Waals surface area (Å²) < 4.78 is 97.5. The second kappa shape index (κ2) is 40.0. The predicted molar refractivity (Wildman–Crippen MR) is 450 cm³/mol. The van der Waals surface area contributed by atoms with E-state index in [0.717, 1.165) is 68.5 Å². The van der Waals surface area contributed by atoms with Crippen molar-refractivity contribution in [3.63, 3.8) is 0 Å². The summed E-state index contributed by atoms with van der Waals surface area (Å²) >= 11 is 0. The van der Waals surface area contributed by atoms with Gasteiger partial charge in [-0.15, -0.1) is 0 Å². The molecule has 0 radical (unpaired) electrons. The highest BCUT2D eigenvalue weighted by molar-refractivity contribution is 6.74. The molecule has 0 aromatic heterocycles. The van der Waals surface area contributed by atoms with Crippen LogP contribution in [0.4, 0.5) is 0 Å². The molecule has 2 fully saturated rings. The quantitative estimate of drug-likeness (QED) is 0.0219. The highest BCUT2D eigenvalue weighted by atomic mass is 28.4. The van der Waals surface area contributed by atoms with Gasteiger partial charge < -0.3 is 71.1 Å². The van der Waals surface area contributed by atoms with Crippen LogP contribution in [0, 0.1) is 5.92 Å². The number of carbonyl (C=O) groups excluding carboxylic acids is 1. The van der Waals surface area contributed by atoms with E-state index < -0.39 is 90.9 Å². The highest BCUT2D eigenvalue weighted by Crippen LogP contribution is 2.51. The zero-order valence-electron chi connectivity index (χ0n) is 68.0. The molecule has 10 aromatic carbocycles. The topological polar surface area (TPSA) is 167 Å². The van der Waals surface area contributed by atoms with E-state index >= 15 is 4.79 Å². The van der Waals surface area contributed by atoms with Crippen molar-refractivity contribution in [3.8, 4) is 23.0 Å². The molecule has 604 valence electrons. The average molecular weight is 1570 g/mol. The van der Waals surface area contributed by atoms with Crippen LogP contribution in [0.15, 0.2) is 291 Å². The van der Waals surface area contributed by atoms with Gasteiger partial charge in [0.2, 0.25) is 0 Å². The van der Waals surface area contributed by atoms with Crippen LogP contribution in [0.2, 0.25) is 18.1 Å². The molecule has 2 heterocycles. The smallest absolute Gasteiger partial charge is 0.193 e.